The average molecular weight is 198 g/mol. The molecule has 1 N–H and O–H groups in total. The maximum atomic E-state index is 3.42. The molecule has 0 spiro atoms. The largest absolute Gasteiger partial charge is 0.367 e. The van der Waals surface area contributed by atoms with Gasteiger partial charge in [0.05, 0.1) is 5.52 Å². The van der Waals surface area contributed by atoms with Crippen LogP contribution >= 0.6 is 0 Å². The zero-order chi connectivity index (χ0) is 10.4. The van der Waals surface area contributed by atoms with E-state index in [1.54, 1.807) is 0 Å². The maximum Gasteiger partial charge on any atom is 0.114 e. The SMILES string of the molecule is Cc1ccc2c(c1)c1c(n2C)NCC=C1. The molecule has 1 aliphatic rings. The number of anilines is 1. The van der Waals surface area contributed by atoms with Crippen LogP contribution in [0.3, 0.4) is 0 Å². The summed E-state index contributed by atoms with van der Waals surface area (Å²) in [5, 5.41) is 4.76. The van der Waals surface area contributed by atoms with Crippen LogP contribution in [0.4, 0.5) is 5.82 Å². The summed E-state index contributed by atoms with van der Waals surface area (Å²) in [6.07, 6.45) is 4.39. The van der Waals surface area contributed by atoms with E-state index in [1.807, 2.05) is 0 Å². The third-order valence-electron chi connectivity index (χ3n) is 3.07. The van der Waals surface area contributed by atoms with Crippen molar-refractivity contribution >= 4 is 22.8 Å². The number of nitrogens with zero attached hydrogens (tertiary/aromatic N) is 1. The van der Waals surface area contributed by atoms with Crippen LogP contribution in [0.25, 0.3) is 17.0 Å². The highest BCUT2D eigenvalue weighted by Crippen LogP contribution is 2.32. The predicted octanol–water partition coefficient (Wildman–Crippen LogP) is 2.93. The molecule has 0 saturated carbocycles. The third kappa shape index (κ3) is 1.11. The Bertz CT molecular complexity index is 561. The number of aryl methyl sites for hydroxylation is 2. The average Bonchev–Trinajstić information content (AvgIpc) is 2.54. The number of benzene rings is 1. The van der Waals surface area contributed by atoms with Crippen molar-refractivity contribution in [1.29, 1.82) is 0 Å². The molecular formula is C13H14N2. The summed E-state index contributed by atoms with van der Waals surface area (Å²) in [7, 11) is 2.11. The molecule has 15 heavy (non-hydrogen) atoms. The minimum absolute atomic E-state index is 0.927. The Hall–Kier alpha value is -1.70. The molecule has 0 bridgehead atoms. The van der Waals surface area contributed by atoms with Crippen LogP contribution in [0.1, 0.15) is 11.1 Å². The monoisotopic (exact) mass is 198 g/mol. The normalized spacial score (nSPS) is 14.0. The van der Waals surface area contributed by atoms with E-state index in [0.717, 1.165) is 6.54 Å². The Morgan fingerprint density at radius 2 is 2.20 bits per heavy atom. The molecule has 1 aromatic carbocycles. The van der Waals surface area contributed by atoms with Crippen molar-refractivity contribution in [3.05, 3.63) is 35.4 Å². The van der Waals surface area contributed by atoms with Crippen molar-refractivity contribution in [3.8, 4) is 0 Å². The van der Waals surface area contributed by atoms with Crippen LogP contribution in [-0.4, -0.2) is 11.1 Å². The second kappa shape index (κ2) is 2.89. The Balaban J connectivity index is 2.46. The van der Waals surface area contributed by atoms with E-state index in [0.29, 0.717) is 0 Å². The molecule has 0 radical (unpaired) electrons. The van der Waals surface area contributed by atoms with E-state index in [-0.39, 0.29) is 0 Å². The number of hydrogen-bond acceptors (Lipinski definition) is 1. The summed E-state index contributed by atoms with van der Waals surface area (Å²) < 4.78 is 2.23. The van der Waals surface area contributed by atoms with Crippen LogP contribution < -0.4 is 5.32 Å². The van der Waals surface area contributed by atoms with Crippen molar-refractivity contribution in [2.45, 2.75) is 6.92 Å². The molecule has 3 rings (SSSR count). The fourth-order valence-corrected chi connectivity index (χ4v) is 2.30. The van der Waals surface area contributed by atoms with Crippen molar-refractivity contribution in [1.82, 2.24) is 4.57 Å². The van der Waals surface area contributed by atoms with Gasteiger partial charge in [-0.15, -0.1) is 0 Å². The predicted molar refractivity (Wildman–Crippen MR) is 65.2 cm³/mol. The molecule has 76 valence electrons. The minimum Gasteiger partial charge on any atom is -0.367 e. The van der Waals surface area contributed by atoms with Crippen molar-refractivity contribution < 1.29 is 0 Å². The number of fused-ring (bicyclic) bond motifs is 3. The molecular weight excluding hydrogens is 184 g/mol. The number of hydrogen-bond donors (Lipinski definition) is 1. The molecule has 0 fully saturated rings. The number of aromatic nitrogens is 1. The molecule has 2 heterocycles. The first kappa shape index (κ1) is 8.60. The number of nitrogens with one attached hydrogen (secondary N) is 1. The van der Waals surface area contributed by atoms with Crippen LogP contribution in [-0.2, 0) is 7.05 Å². The summed E-state index contributed by atoms with van der Waals surface area (Å²) in [6.45, 7) is 3.06. The van der Waals surface area contributed by atoms with Gasteiger partial charge in [0.1, 0.15) is 5.82 Å². The molecule has 1 aromatic heterocycles. The van der Waals surface area contributed by atoms with Crippen LogP contribution in [0.5, 0.6) is 0 Å². The van der Waals surface area contributed by atoms with E-state index in [9.17, 15) is 0 Å². The number of rotatable bonds is 0. The molecule has 2 heteroatoms. The topological polar surface area (TPSA) is 17.0 Å². The van der Waals surface area contributed by atoms with E-state index < -0.39 is 0 Å². The maximum absolute atomic E-state index is 3.42. The Labute approximate surface area is 89.2 Å². The Morgan fingerprint density at radius 3 is 3.07 bits per heavy atom. The summed E-state index contributed by atoms with van der Waals surface area (Å²) in [4.78, 5) is 0. The fourth-order valence-electron chi connectivity index (χ4n) is 2.30. The lowest BCUT2D eigenvalue weighted by atomic mass is 10.1. The highest BCUT2D eigenvalue weighted by atomic mass is 15.1. The Morgan fingerprint density at radius 1 is 1.33 bits per heavy atom. The van der Waals surface area contributed by atoms with Crippen molar-refractivity contribution in [2.75, 3.05) is 11.9 Å². The van der Waals surface area contributed by atoms with Gasteiger partial charge in [0.2, 0.25) is 0 Å². The molecule has 1 aliphatic heterocycles. The zero-order valence-electron chi connectivity index (χ0n) is 9.04. The first-order chi connectivity index (χ1) is 7.27. The molecule has 0 atom stereocenters. The first-order valence-corrected chi connectivity index (χ1v) is 5.27. The Kier molecular flexibility index (Phi) is 1.66. The highest BCUT2D eigenvalue weighted by molar-refractivity contribution is 5.97. The second-order valence-corrected chi connectivity index (χ2v) is 4.13. The van der Waals surface area contributed by atoms with Crippen molar-refractivity contribution in [2.24, 2.45) is 7.05 Å². The van der Waals surface area contributed by atoms with E-state index in [4.69, 9.17) is 0 Å². The quantitative estimate of drug-likeness (QED) is 0.688. The van der Waals surface area contributed by atoms with E-state index >= 15 is 0 Å². The highest BCUT2D eigenvalue weighted by Gasteiger charge is 2.14. The molecule has 0 saturated heterocycles. The van der Waals surface area contributed by atoms with Gasteiger partial charge >= 0.3 is 0 Å². The van der Waals surface area contributed by atoms with Crippen LogP contribution in [0, 0.1) is 6.92 Å². The van der Waals surface area contributed by atoms with Gasteiger partial charge in [0.25, 0.3) is 0 Å². The summed E-state index contributed by atoms with van der Waals surface area (Å²) in [5.41, 5.74) is 3.93. The fraction of sp³-hybridized carbons (Fsp3) is 0.231. The second-order valence-electron chi connectivity index (χ2n) is 4.13. The first-order valence-electron chi connectivity index (χ1n) is 5.27. The van der Waals surface area contributed by atoms with Crippen LogP contribution in [0.15, 0.2) is 24.3 Å². The van der Waals surface area contributed by atoms with Gasteiger partial charge in [-0.05, 0) is 19.1 Å². The lowest BCUT2D eigenvalue weighted by Crippen LogP contribution is -2.07. The van der Waals surface area contributed by atoms with E-state index in [1.165, 1.54) is 27.8 Å². The van der Waals surface area contributed by atoms with Gasteiger partial charge < -0.3 is 9.88 Å². The van der Waals surface area contributed by atoms with Crippen molar-refractivity contribution in [3.63, 3.8) is 0 Å². The van der Waals surface area contributed by atoms with Gasteiger partial charge in [-0.1, -0.05) is 23.8 Å². The summed E-state index contributed by atoms with van der Waals surface area (Å²) in [5.74, 6) is 1.23. The zero-order valence-corrected chi connectivity index (χ0v) is 9.04. The summed E-state index contributed by atoms with van der Waals surface area (Å²) >= 11 is 0. The van der Waals surface area contributed by atoms with Gasteiger partial charge in [-0.3, -0.25) is 0 Å². The van der Waals surface area contributed by atoms with Gasteiger partial charge in [-0.2, -0.15) is 0 Å². The van der Waals surface area contributed by atoms with Gasteiger partial charge in [-0.25, -0.2) is 0 Å². The smallest absolute Gasteiger partial charge is 0.114 e. The molecule has 0 amide bonds. The molecule has 2 nitrogen and oxygen atoms in total. The standard InChI is InChI=1S/C13H14N2/c1-9-5-6-12-11(8-9)10-4-3-7-14-13(10)15(12)2/h3-6,8,14H,7H2,1-2H3. The van der Waals surface area contributed by atoms with Gasteiger partial charge in [0.15, 0.2) is 0 Å². The molecule has 0 unspecified atom stereocenters. The van der Waals surface area contributed by atoms with Gasteiger partial charge in [0, 0.05) is 24.5 Å². The summed E-state index contributed by atoms with van der Waals surface area (Å²) in [6, 6.07) is 6.61. The molecule has 2 aromatic rings. The molecule has 0 aliphatic carbocycles. The lowest BCUT2D eigenvalue weighted by Gasteiger charge is -2.10. The third-order valence-corrected chi connectivity index (χ3v) is 3.07. The van der Waals surface area contributed by atoms with Crippen LogP contribution in [0.2, 0.25) is 0 Å². The lowest BCUT2D eigenvalue weighted by molar-refractivity contribution is 0.961. The minimum atomic E-state index is 0.927. The van der Waals surface area contributed by atoms with E-state index in [2.05, 4.69) is 54.2 Å².